The summed E-state index contributed by atoms with van der Waals surface area (Å²) in [6.07, 6.45) is 4.68. The van der Waals surface area contributed by atoms with Crippen molar-refractivity contribution in [3.63, 3.8) is 0 Å². The van der Waals surface area contributed by atoms with Gasteiger partial charge in [-0.2, -0.15) is 4.57 Å². The van der Waals surface area contributed by atoms with E-state index < -0.39 is 6.04 Å². The lowest BCUT2D eigenvalue weighted by molar-refractivity contribution is -0.679. The predicted octanol–water partition coefficient (Wildman–Crippen LogP) is 2.53. The summed E-state index contributed by atoms with van der Waals surface area (Å²) in [5, 5.41) is 0. The number of imide groups is 1. The molecule has 7 nitrogen and oxygen atoms in total. The third-order valence-electron chi connectivity index (χ3n) is 4.50. The monoisotopic (exact) mass is 333 g/mol. The van der Waals surface area contributed by atoms with Gasteiger partial charge in [0.15, 0.2) is 5.76 Å². The van der Waals surface area contributed by atoms with Gasteiger partial charge in [-0.3, -0.25) is 14.6 Å². The molecule has 0 aromatic carbocycles. The summed E-state index contributed by atoms with van der Waals surface area (Å²) in [7, 11) is 1.66. The quantitative estimate of drug-likeness (QED) is 0.628. The van der Waals surface area contributed by atoms with Gasteiger partial charge in [0.1, 0.15) is 6.20 Å². The molecule has 3 rings (SSSR count). The van der Waals surface area contributed by atoms with Crippen LogP contribution in [0.2, 0.25) is 0 Å². The number of likely N-dealkylation sites (N-methyl/N-ethyl adjacent to an activating group) is 1. The number of carbonyl (C=O) groups excluding carboxylic acids is 2. The van der Waals surface area contributed by atoms with E-state index in [0.29, 0.717) is 18.4 Å². The fourth-order valence-electron chi connectivity index (χ4n) is 2.99. The Kier molecular flexibility index (Phi) is 3.97. The summed E-state index contributed by atoms with van der Waals surface area (Å²) in [4.78, 5) is 32.6. The van der Waals surface area contributed by atoms with Crippen molar-refractivity contribution in [1.82, 2.24) is 9.80 Å². The number of oxazole rings is 1. The van der Waals surface area contributed by atoms with Gasteiger partial charge >= 0.3 is 12.0 Å². The van der Waals surface area contributed by atoms with E-state index in [4.69, 9.17) is 4.42 Å². The summed E-state index contributed by atoms with van der Waals surface area (Å²) in [5.41, 5.74) is -0.173. The molecule has 1 aromatic rings. The van der Waals surface area contributed by atoms with Crippen LogP contribution in [0.5, 0.6) is 0 Å². The van der Waals surface area contributed by atoms with Crippen LogP contribution in [-0.2, 0) is 10.2 Å². The van der Waals surface area contributed by atoms with E-state index in [1.54, 1.807) is 11.6 Å². The minimum atomic E-state index is -0.607. The van der Waals surface area contributed by atoms with Crippen LogP contribution in [0.15, 0.2) is 15.6 Å². The molecule has 0 N–H and O–H groups in total. The molecule has 3 amide bonds. The molecule has 130 valence electrons. The molecular formula is C17H25N4O3+. The Morgan fingerprint density at radius 1 is 1.29 bits per heavy atom. The number of fused-ring (bicyclic) bond motifs is 3. The Labute approximate surface area is 141 Å². The van der Waals surface area contributed by atoms with E-state index in [1.165, 1.54) is 9.80 Å². The number of aliphatic imine (C=N–C) groups is 1. The topological polar surface area (TPSA) is 70.0 Å². The molecule has 0 bridgehead atoms. The number of unbranched alkanes of at least 4 members (excludes halogenated alkanes) is 2. The first-order chi connectivity index (χ1) is 11.3. The van der Waals surface area contributed by atoms with Gasteiger partial charge in [0.2, 0.25) is 0 Å². The van der Waals surface area contributed by atoms with Crippen LogP contribution in [0.1, 0.15) is 58.8 Å². The largest absolute Gasteiger partial charge is 0.506 e. The van der Waals surface area contributed by atoms with Gasteiger partial charge in [0.25, 0.3) is 17.8 Å². The normalized spacial score (nSPS) is 20.4. The van der Waals surface area contributed by atoms with Crippen LogP contribution in [0.3, 0.4) is 0 Å². The first kappa shape index (κ1) is 16.7. The lowest BCUT2D eigenvalue weighted by Gasteiger charge is -2.32. The van der Waals surface area contributed by atoms with Crippen LogP contribution in [0.4, 0.5) is 10.8 Å². The molecule has 1 fully saturated rings. The summed E-state index contributed by atoms with van der Waals surface area (Å²) in [6.45, 7) is 8.67. The molecule has 1 atom stereocenters. The number of amides is 3. The van der Waals surface area contributed by atoms with E-state index in [1.807, 2.05) is 27.0 Å². The molecule has 0 spiro atoms. The number of rotatable bonds is 4. The summed E-state index contributed by atoms with van der Waals surface area (Å²) < 4.78 is 7.56. The van der Waals surface area contributed by atoms with E-state index in [9.17, 15) is 9.59 Å². The average molecular weight is 333 g/mol. The Balaban J connectivity index is 1.94. The lowest BCUT2D eigenvalue weighted by atomic mass is 9.94. The highest BCUT2D eigenvalue weighted by Crippen LogP contribution is 2.32. The Morgan fingerprint density at radius 2 is 2.00 bits per heavy atom. The standard InChI is InChI=1S/C17H25N4O3/c1-6-7-8-9-20-14(22)12-13(19(5)16(20)23)18-15-21(12)10-11(24-15)17(2,3)4/h10,12H,6-9H2,1-5H3/q+1. The van der Waals surface area contributed by atoms with Crippen LogP contribution < -0.4 is 4.57 Å². The molecule has 24 heavy (non-hydrogen) atoms. The lowest BCUT2D eigenvalue weighted by Crippen LogP contribution is -2.62. The van der Waals surface area contributed by atoms with E-state index >= 15 is 0 Å². The van der Waals surface area contributed by atoms with Crippen LogP contribution >= 0.6 is 0 Å². The Bertz CT molecular complexity index is 714. The first-order valence-corrected chi connectivity index (χ1v) is 8.48. The van der Waals surface area contributed by atoms with Crippen molar-refractivity contribution in [2.24, 2.45) is 4.99 Å². The van der Waals surface area contributed by atoms with Crippen molar-refractivity contribution >= 4 is 23.8 Å². The molecule has 7 heteroatoms. The number of carbonyl (C=O) groups is 2. The van der Waals surface area contributed by atoms with Gasteiger partial charge in [-0.1, -0.05) is 40.5 Å². The zero-order chi connectivity index (χ0) is 17.6. The molecule has 0 saturated carbocycles. The van der Waals surface area contributed by atoms with Crippen LogP contribution in [0.25, 0.3) is 0 Å². The van der Waals surface area contributed by atoms with E-state index in [2.05, 4.69) is 11.9 Å². The molecule has 0 radical (unpaired) electrons. The molecule has 2 aliphatic heterocycles. The second-order valence-electron chi connectivity index (χ2n) is 7.45. The second kappa shape index (κ2) is 5.72. The van der Waals surface area contributed by atoms with Gasteiger partial charge in [-0.05, 0) is 6.42 Å². The number of hydrogen-bond acceptors (Lipinski definition) is 4. The summed E-state index contributed by atoms with van der Waals surface area (Å²) >= 11 is 0. The molecule has 1 unspecified atom stereocenters. The highest BCUT2D eigenvalue weighted by molar-refractivity contribution is 6.18. The van der Waals surface area contributed by atoms with Crippen molar-refractivity contribution in [2.75, 3.05) is 13.6 Å². The average Bonchev–Trinajstić information content (AvgIpc) is 3.05. The number of urea groups is 1. The maximum absolute atomic E-state index is 12.9. The minimum Gasteiger partial charge on any atom is -0.389 e. The first-order valence-electron chi connectivity index (χ1n) is 8.48. The van der Waals surface area contributed by atoms with Crippen molar-refractivity contribution < 1.29 is 18.6 Å². The van der Waals surface area contributed by atoms with Crippen molar-refractivity contribution in [1.29, 1.82) is 0 Å². The fourth-order valence-corrected chi connectivity index (χ4v) is 2.99. The molecule has 1 aromatic heterocycles. The fraction of sp³-hybridized carbons (Fsp3) is 0.647. The number of aromatic nitrogens is 1. The maximum atomic E-state index is 12.9. The maximum Gasteiger partial charge on any atom is 0.506 e. The minimum absolute atomic E-state index is 0.173. The zero-order valence-corrected chi connectivity index (χ0v) is 15.0. The molecule has 1 saturated heterocycles. The van der Waals surface area contributed by atoms with Gasteiger partial charge < -0.3 is 4.42 Å². The number of nitrogens with zero attached hydrogens (tertiary/aromatic N) is 4. The smallest absolute Gasteiger partial charge is 0.389 e. The molecule has 0 aliphatic carbocycles. The summed E-state index contributed by atoms with van der Waals surface area (Å²) in [6, 6.07) is -0.541. The predicted molar refractivity (Wildman–Crippen MR) is 88.1 cm³/mol. The van der Waals surface area contributed by atoms with Crippen molar-refractivity contribution in [3.8, 4) is 0 Å². The Morgan fingerprint density at radius 3 is 2.62 bits per heavy atom. The SMILES string of the molecule is CCCCCN1C(=O)C2C(=Nc3oc(C(C)(C)C)c[n+]32)N(C)C1=O. The number of hydrogen-bond donors (Lipinski definition) is 0. The van der Waals surface area contributed by atoms with Gasteiger partial charge in [-0.25, -0.2) is 4.79 Å². The molecule has 2 aliphatic rings. The highest BCUT2D eigenvalue weighted by atomic mass is 16.4. The second-order valence-corrected chi connectivity index (χ2v) is 7.45. The van der Waals surface area contributed by atoms with Crippen molar-refractivity contribution in [3.05, 3.63) is 12.0 Å². The zero-order valence-electron chi connectivity index (χ0n) is 15.0. The number of amidine groups is 1. The summed E-state index contributed by atoms with van der Waals surface area (Å²) in [5.74, 6) is 0.985. The van der Waals surface area contributed by atoms with Crippen LogP contribution in [0, 0.1) is 0 Å². The molecular weight excluding hydrogens is 308 g/mol. The van der Waals surface area contributed by atoms with Crippen LogP contribution in [-0.4, -0.2) is 41.2 Å². The van der Waals surface area contributed by atoms with Crippen molar-refractivity contribution in [2.45, 2.75) is 58.4 Å². The third-order valence-corrected chi connectivity index (χ3v) is 4.50. The van der Waals surface area contributed by atoms with Gasteiger partial charge in [-0.15, -0.1) is 0 Å². The highest BCUT2D eigenvalue weighted by Gasteiger charge is 2.55. The van der Waals surface area contributed by atoms with E-state index in [-0.39, 0.29) is 17.4 Å². The van der Waals surface area contributed by atoms with Gasteiger partial charge in [0.05, 0.1) is 0 Å². The third kappa shape index (κ3) is 2.52. The van der Waals surface area contributed by atoms with E-state index in [0.717, 1.165) is 25.0 Å². The molecule has 3 heterocycles. The Hall–Kier alpha value is -2.18. The van der Waals surface area contributed by atoms with Gasteiger partial charge in [0, 0.05) is 24.0 Å².